The van der Waals surface area contributed by atoms with Crippen molar-refractivity contribution in [2.75, 3.05) is 32.8 Å². The fourth-order valence-electron chi connectivity index (χ4n) is 2.06. The highest BCUT2D eigenvalue weighted by molar-refractivity contribution is 5.78. The Kier molecular flexibility index (Phi) is 4.87. The molecular formula is C14H21N3O2. The lowest BCUT2D eigenvalue weighted by Crippen LogP contribution is -2.43. The smallest absolute Gasteiger partial charge is 0.234 e. The van der Waals surface area contributed by atoms with Crippen molar-refractivity contribution in [2.24, 2.45) is 0 Å². The summed E-state index contributed by atoms with van der Waals surface area (Å²) in [6.45, 7) is 7.45. The van der Waals surface area contributed by atoms with Gasteiger partial charge in [-0.1, -0.05) is 6.07 Å². The van der Waals surface area contributed by atoms with Crippen LogP contribution in [0, 0.1) is 6.92 Å². The second-order valence-electron chi connectivity index (χ2n) is 4.94. The molecule has 1 aromatic heterocycles. The molecule has 0 radical (unpaired) electrons. The highest BCUT2D eigenvalue weighted by Gasteiger charge is 2.16. The third-order valence-electron chi connectivity index (χ3n) is 3.23. The first-order chi connectivity index (χ1) is 9.15. The number of carbonyl (C=O) groups excluding carboxylic acids is 1. The largest absolute Gasteiger partial charge is 0.379 e. The summed E-state index contributed by atoms with van der Waals surface area (Å²) in [5.41, 5.74) is 2.01. The Morgan fingerprint density at radius 3 is 2.84 bits per heavy atom. The first-order valence-electron chi connectivity index (χ1n) is 6.67. The molecule has 19 heavy (non-hydrogen) atoms. The third kappa shape index (κ3) is 4.29. The molecule has 0 aromatic carbocycles. The molecule has 1 aliphatic heterocycles. The zero-order valence-corrected chi connectivity index (χ0v) is 11.6. The lowest BCUT2D eigenvalue weighted by atomic mass is 10.2. The van der Waals surface area contributed by atoms with Gasteiger partial charge in [0.1, 0.15) is 0 Å². The minimum atomic E-state index is -0.0610. The topological polar surface area (TPSA) is 54.5 Å². The zero-order valence-electron chi connectivity index (χ0n) is 11.6. The van der Waals surface area contributed by atoms with Crippen molar-refractivity contribution in [1.29, 1.82) is 0 Å². The van der Waals surface area contributed by atoms with Crippen LogP contribution in [0.25, 0.3) is 0 Å². The second kappa shape index (κ2) is 6.63. The Morgan fingerprint density at radius 2 is 2.21 bits per heavy atom. The van der Waals surface area contributed by atoms with Crippen LogP contribution in [0.5, 0.6) is 0 Å². The van der Waals surface area contributed by atoms with Gasteiger partial charge >= 0.3 is 0 Å². The monoisotopic (exact) mass is 263 g/mol. The Hall–Kier alpha value is -1.46. The summed E-state index contributed by atoms with van der Waals surface area (Å²) in [6.07, 6.45) is 1.82. The molecule has 1 saturated heterocycles. The summed E-state index contributed by atoms with van der Waals surface area (Å²) < 4.78 is 5.26. The van der Waals surface area contributed by atoms with E-state index in [4.69, 9.17) is 4.74 Å². The van der Waals surface area contributed by atoms with E-state index in [1.54, 1.807) is 0 Å². The second-order valence-corrected chi connectivity index (χ2v) is 4.94. The van der Waals surface area contributed by atoms with E-state index in [0.717, 1.165) is 24.3 Å². The molecule has 0 saturated carbocycles. The van der Waals surface area contributed by atoms with Gasteiger partial charge in [-0.2, -0.15) is 0 Å². The van der Waals surface area contributed by atoms with Gasteiger partial charge in [0, 0.05) is 19.3 Å². The van der Waals surface area contributed by atoms with Crippen molar-refractivity contribution >= 4 is 5.91 Å². The number of nitrogens with one attached hydrogen (secondary N) is 1. The minimum Gasteiger partial charge on any atom is -0.379 e. The third-order valence-corrected chi connectivity index (χ3v) is 3.23. The van der Waals surface area contributed by atoms with Crippen molar-refractivity contribution in [3.63, 3.8) is 0 Å². The van der Waals surface area contributed by atoms with E-state index in [1.807, 2.05) is 32.2 Å². The van der Waals surface area contributed by atoms with Crippen LogP contribution in [0.1, 0.15) is 24.2 Å². The molecule has 1 amide bonds. The Labute approximate surface area is 114 Å². The quantitative estimate of drug-likeness (QED) is 0.877. The van der Waals surface area contributed by atoms with Crippen LogP contribution in [0.3, 0.4) is 0 Å². The van der Waals surface area contributed by atoms with E-state index in [2.05, 4.69) is 15.2 Å². The molecule has 1 fully saturated rings. The van der Waals surface area contributed by atoms with Gasteiger partial charge in [0.05, 0.1) is 31.5 Å². The molecule has 0 spiro atoms. The van der Waals surface area contributed by atoms with E-state index in [0.29, 0.717) is 19.8 Å². The first-order valence-corrected chi connectivity index (χ1v) is 6.67. The van der Waals surface area contributed by atoms with Crippen molar-refractivity contribution in [1.82, 2.24) is 15.2 Å². The molecule has 1 N–H and O–H groups in total. The summed E-state index contributed by atoms with van der Waals surface area (Å²) in [7, 11) is 0. The minimum absolute atomic E-state index is 0.0387. The highest BCUT2D eigenvalue weighted by atomic mass is 16.5. The number of rotatable bonds is 4. The van der Waals surface area contributed by atoms with E-state index < -0.39 is 0 Å². The molecule has 2 rings (SSSR count). The maximum atomic E-state index is 11.9. The van der Waals surface area contributed by atoms with Crippen molar-refractivity contribution in [3.05, 3.63) is 29.6 Å². The number of amides is 1. The number of hydrogen-bond acceptors (Lipinski definition) is 4. The number of morpholine rings is 1. The molecule has 0 aliphatic carbocycles. The SMILES string of the molecule is Cc1ccc(C(C)NC(=O)CN2CCOCC2)nc1. The number of carbonyl (C=O) groups is 1. The molecule has 1 atom stereocenters. The summed E-state index contributed by atoms with van der Waals surface area (Å²) in [4.78, 5) is 18.4. The van der Waals surface area contributed by atoms with Crippen LogP contribution in [0.2, 0.25) is 0 Å². The van der Waals surface area contributed by atoms with E-state index in [1.165, 1.54) is 0 Å². The van der Waals surface area contributed by atoms with E-state index in [-0.39, 0.29) is 11.9 Å². The van der Waals surface area contributed by atoms with Gasteiger partial charge in [0.15, 0.2) is 0 Å². The summed E-state index contributed by atoms with van der Waals surface area (Å²) in [5, 5.41) is 2.98. The normalized spacial score (nSPS) is 18.0. The van der Waals surface area contributed by atoms with Crippen LogP contribution in [-0.2, 0) is 9.53 Å². The molecule has 0 bridgehead atoms. The van der Waals surface area contributed by atoms with Crippen LogP contribution in [0.15, 0.2) is 18.3 Å². The van der Waals surface area contributed by atoms with E-state index >= 15 is 0 Å². The van der Waals surface area contributed by atoms with Crippen LogP contribution < -0.4 is 5.32 Å². The van der Waals surface area contributed by atoms with Gasteiger partial charge in [-0.05, 0) is 25.5 Å². The average Bonchev–Trinajstić information content (AvgIpc) is 2.40. The Morgan fingerprint density at radius 1 is 1.47 bits per heavy atom. The van der Waals surface area contributed by atoms with Gasteiger partial charge in [0.25, 0.3) is 0 Å². The number of aromatic nitrogens is 1. The number of pyridine rings is 1. The molecule has 1 aliphatic rings. The highest BCUT2D eigenvalue weighted by Crippen LogP contribution is 2.09. The number of nitrogens with zero attached hydrogens (tertiary/aromatic N) is 2. The standard InChI is InChI=1S/C14H21N3O2/c1-11-3-4-13(15-9-11)12(2)16-14(18)10-17-5-7-19-8-6-17/h3-4,9,12H,5-8,10H2,1-2H3,(H,16,18). The lowest BCUT2D eigenvalue weighted by molar-refractivity contribution is -0.123. The molecule has 5 nitrogen and oxygen atoms in total. The van der Waals surface area contributed by atoms with Gasteiger partial charge in [0.2, 0.25) is 5.91 Å². The van der Waals surface area contributed by atoms with Gasteiger partial charge in [-0.3, -0.25) is 14.7 Å². The number of ether oxygens (including phenoxy) is 1. The molecular weight excluding hydrogens is 242 g/mol. The van der Waals surface area contributed by atoms with Crippen molar-refractivity contribution in [3.8, 4) is 0 Å². The zero-order chi connectivity index (χ0) is 13.7. The summed E-state index contributed by atoms with van der Waals surface area (Å²) in [6, 6.07) is 3.90. The van der Waals surface area contributed by atoms with Crippen LogP contribution in [0.4, 0.5) is 0 Å². The molecule has 1 unspecified atom stereocenters. The van der Waals surface area contributed by atoms with Crippen molar-refractivity contribution in [2.45, 2.75) is 19.9 Å². The summed E-state index contributed by atoms with van der Waals surface area (Å²) >= 11 is 0. The summed E-state index contributed by atoms with van der Waals surface area (Å²) in [5.74, 6) is 0.0387. The number of aryl methyl sites for hydroxylation is 1. The fourth-order valence-corrected chi connectivity index (χ4v) is 2.06. The van der Waals surface area contributed by atoms with Crippen LogP contribution in [-0.4, -0.2) is 48.6 Å². The Balaban J connectivity index is 1.82. The molecule has 104 valence electrons. The maximum Gasteiger partial charge on any atom is 0.234 e. The predicted molar refractivity (Wildman–Crippen MR) is 72.8 cm³/mol. The molecule has 2 heterocycles. The predicted octanol–water partition coefficient (Wildman–Crippen LogP) is 0.899. The lowest BCUT2D eigenvalue weighted by Gasteiger charge is -2.26. The van der Waals surface area contributed by atoms with E-state index in [9.17, 15) is 4.79 Å². The molecule has 5 heteroatoms. The van der Waals surface area contributed by atoms with Crippen LogP contribution >= 0.6 is 0 Å². The fraction of sp³-hybridized carbons (Fsp3) is 0.571. The first kappa shape index (κ1) is 14.0. The Bertz CT molecular complexity index is 413. The van der Waals surface area contributed by atoms with Gasteiger partial charge < -0.3 is 10.1 Å². The maximum absolute atomic E-state index is 11.9. The molecule has 1 aromatic rings. The number of hydrogen-bond donors (Lipinski definition) is 1. The van der Waals surface area contributed by atoms with Crippen molar-refractivity contribution < 1.29 is 9.53 Å². The average molecular weight is 263 g/mol. The van der Waals surface area contributed by atoms with Gasteiger partial charge in [-0.25, -0.2) is 0 Å². The van der Waals surface area contributed by atoms with Gasteiger partial charge in [-0.15, -0.1) is 0 Å².